The minimum absolute atomic E-state index is 0.203. The van der Waals surface area contributed by atoms with Gasteiger partial charge in [-0.15, -0.1) is 0 Å². The van der Waals surface area contributed by atoms with Crippen LogP contribution < -0.4 is 5.32 Å². The number of anilines is 1. The highest BCUT2D eigenvalue weighted by molar-refractivity contribution is 7.08. The van der Waals surface area contributed by atoms with Crippen LogP contribution in [0.5, 0.6) is 0 Å². The monoisotopic (exact) mass is 173 g/mol. The van der Waals surface area contributed by atoms with Gasteiger partial charge in [-0.2, -0.15) is 11.3 Å². The van der Waals surface area contributed by atoms with Gasteiger partial charge in [0, 0.05) is 17.6 Å². The minimum Gasteiger partial charge on any atom is -0.384 e. The molecule has 0 aliphatic heterocycles. The molecule has 1 aromatic heterocycles. The standard InChI is InChI=1S/C8H12FNS/c9-4-1-2-5-10-8-3-6-11-7-8/h3,6-7,10H,1-2,4-5H2. The Kier molecular flexibility index (Phi) is 3.98. The van der Waals surface area contributed by atoms with Gasteiger partial charge in [0.15, 0.2) is 0 Å². The van der Waals surface area contributed by atoms with E-state index in [-0.39, 0.29) is 6.67 Å². The van der Waals surface area contributed by atoms with E-state index in [1.807, 2.05) is 11.4 Å². The predicted molar refractivity (Wildman–Crippen MR) is 48.0 cm³/mol. The molecule has 11 heavy (non-hydrogen) atoms. The summed E-state index contributed by atoms with van der Waals surface area (Å²) in [7, 11) is 0. The van der Waals surface area contributed by atoms with Crippen molar-refractivity contribution in [3.63, 3.8) is 0 Å². The topological polar surface area (TPSA) is 12.0 Å². The Morgan fingerprint density at radius 3 is 3.00 bits per heavy atom. The summed E-state index contributed by atoms with van der Waals surface area (Å²) in [4.78, 5) is 0. The van der Waals surface area contributed by atoms with E-state index in [4.69, 9.17) is 0 Å². The van der Waals surface area contributed by atoms with Crippen LogP contribution in [0.3, 0.4) is 0 Å². The molecule has 62 valence electrons. The molecule has 1 aromatic rings. The Balaban J connectivity index is 2.04. The molecule has 0 saturated carbocycles. The van der Waals surface area contributed by atoms with Crippen molar-refractivity contribution in [1.29, 1.82) is 0 Å². The van der Waals surface area contributed by atoms with Gasteiger partial charge in [-0.1, -0.05) is 0 Å². The highest BCUT2D eigenvalue weighted by Crippen LogP contribution is 2.11. The minimum atomic E-state index is -0.203. The van der Waals surface area contributed by atoms with E-state index in [0.29, 0.717) is 6.42 Å². The van der Waals surface area contributed by atoms with Crippen LogP contribution >= 0.6 is 11.3 Å². The fourth-order valence-electron chi connectivity index (χ4n) is 0.817. The average Bonchev–Trinajstić information content (AvgIpc) is 2.50. The zero-order valence-electron chi connectivity index (χ0n) is 6.35. The molecule has 0 amide bonds. The number of nitrogens with one attached hydrogen (secondary N) is 1. The van der Waals surface area contributed by atoms with Crippen molar-refractivity contribution in [3.8, 4) is 0 Å². The van der Waals surface area contributed by atoms with E-state index in [2.05, 4.69) is 10.7 Å². The van der Waals surface area contributed by atoms with Crippen LogP contribution in [-0.4, -0.2) is 13.2 Å². The molecule has 1 nitrogen and oxygen atoms in total. The van der Waals surface area contributed by atoms with Gasteiger partial charge < -0.3 is 5.32 Å². The third kappa shape index (κ3) is 3.37. The van der Waals surface area contributed by atoms with Gasteiger partial charge in [0.2, 0.25) is 0 Å². The lowest BCUT2D eigenvalue weighted by atomic mass is 10.3. The lowest BCUT2D eigenvalue weighted by Crippen LogP contribution is -2.00. The van der Waals surface area contributed by atoms with Crippen LogP contribution in [-0.2, 0) is 0 Å². The molecule has 0 radical (unpaired) electrons. The van der Waals surface area contributed by atoms with E-state index >= 15 is 0 Å². The Labute approximate surface area is 70.2 Å². The highest BCUT2D eigenvalue weighted by Gasteiger charge is 1.90. The van der Waals surface area contributed by atoms with Gasteiger partial charge in [0.1, 0.15) is 0 Å². The maximum atomic E-state index is 11.6. The maximum Gasteiger partial charge on any atom is 0.0895 e. The van der Waals surface area contributed by atoms with Gasteiger partial charge in [0.25, 0.3) is 0 Å². The molecule has 0 atom stereocenters. The molecule has 0 saturated heterocycles. The average molecular weight is 173 g/mol. The fraction of sp³-hybridized carbons (Fsp3) is 0.500. The van der Waals surface area contributed by atoms with Crippen molar-refractivity contribution >= 4 is 17.0 Å². The maximum absolute atomic E-state index is 11.6. The second-order valence-corrected chi connectivity index (χ2v) is 3.11. The molecule has 1 rings (SSSR count). The molecular weight excluding hydrogens is 161 g/mol. The van der Waals surface area contributed by atoms with Crippen LogP contribution in [0.2, 0.25) is 0 Å². The Bertz CT molecular complexity index is 174. The number of unbranched alkanes of at least 4 members (excludes halogenated alkanes) is 1. The predicted octanol–water partition coefficient (Wildman–Crippen LogP) is 2.91. The van der Waals surface area contributed by atoms with E-state index < -0.39 is 0 Å². The van der Waals surface area contributed by atoms with Crippen LogP contribution in [0.1, 0.15) is 12.8 Å². The van der Waals surface area contributed by atoms with Crippen molar-refractivity contribution in [3.05, 3.63) is 16.8 Å². The zero-order chi connectivity index (χ0) is 7.94. The molecule has 1 heterocycles. The summed E-state index contributed by atoms with van der Waals surface area (Å²) in [6, 6.07) is 2.03. The van der Waals surface area contributed by atoms with E-state index in [9.17, 15) is 4.39 Å². The largest absolute Gasteiger partial charge is 0.384 e. The first-order chi connectivity index (χ1) is 5.43. The van der Waals surface area contributed by atoms with Crippen molar-refractivity contribution in [1.82, 2.24) is 0 Å². The third-order valence-corrected chi connectivity index (χ3v) is 2.09. The summed E-state index contributed by atoms with van der Waals surface area (Å²) >= 11 is 1.67. The number of rotatable bonds is 5. The summed E-state index contributed by atoms with van der Waals surface area (Å²) in [5.74, 6) is 0. The summed E-state index contributed by atoms with van der Waals surface area (Å²) in [5, 5.41) is 7.28. The van der Waals surface area contributed by atoms with E-state index in [1.54, 1.807) is 11.3 Å². The SMILES string of the molecule is FCCCCNc1ccsc1. The fourth-order valence-corrected chi connectivity index (χ4v) is 1.43. The number of halogens is 1. The van der Waals surface area contributed by atoms with Gasteiger partial charge in [0.05, 0.1) is 6.67 Å². The van der Waals surface area contributed by atoms with Gasteiger partial charge in [-0.05, 0) is 24.3 Å². The first-order valence-corrected chi connectivity index (χ1v) is 4.70. The van der Waals surface area contributed by atoms with E-state index in [0.717, 1.165) is 18.7 Å². The number of alkyl halides is 1. The van der Waals surface area contributed by atoms with Crippen LogP contribution in [0, 0.1) is 0 Å². The van der Waals surface area contributed by atoms with Crippen LogP contribution in [0.25, 0.3) is 0 Å². The van der Waals surface area contributed by atoms with Gasteiger partial charge in [-0.3, -0.25) is 4.39 Å². The van der Waals surface area contributed by atoms with E-state index in [1.165, 1.54) is 0 Å². The molecule has 0 aliphatic rings. The molecule has 0 aromatic carbocycles. The number of thiophene rings is 1. The smallest absolute Gasteiger partial charge is 0.0895 e. The summed E-state index contributed by atoms with van der Waals surface area (Å²) in [6.45, 7) is 0.673. The van der Waals surface area contributed by atoms with Crippen molar-refractivity contribution < 1.29 is 4.39 Å². The Morgan fingerprint density at radius 2 is 2.36 bits per heavy atom. The second kappa shape index (κ2) is 5.13. The summed E-state index contributed by atoms with van der Waals surface area (Å²) < 4.78 is 11.6. The van der Waals surface area contributed by atoms with Crippen molar-refractivity contribution in [2.45, 2.75) is 12.8 Å². The second-order valence-electron chi connectivity index (χ2n) is 2.33. The molecule has 1 N–H and O–H groups in total. The lowest BCUT2D eigenvalue weighted by Gasteiger charge is -2.00. The molecule has 0 fully saturated rings. The highest BCUT2D eigenvalue weighted by atomic mass is 32.1. The van der Waals surface area contributed by atoms with Crippen molar-refractivity contribution in [2.24, 2.45) is 0 Å². The molecule has 3 heteroatoms. The molecule has 0 bridgehead atoms. The summed E-state index contributed by atoms with van der Waals surface area (Å²) in [5.41, 5.74) is 1.15. The first kappa shape index (κ1) is 8.53. The Hall–Kier alpha value is -0.570. The van der Waals surface area contributed by atoms with Gasteiger partial charge >= 0.3 is 0 Å². The number of hydrogen-bond acceptors (Lipinski definition) is 2. The Morgan fingerprint density at radius 1 is 1.45 bits per heavy atom. The zero-order valence-corrected chi connectivity index (χ0v) is 7.16. The van der Waals surface area contributed by atoms with Crippen LogP contribution in [0.4, 0.5) is 10.1 Å². The normalized spacial score (nSPS) is 9.91. The quantitative estimate of drug-likeness (QED) is 0.675. The van der Waals surface area contributed by atoms with Crippen LogP contribution in [0.15, 0.2) is 16.8 Å². The van der Waals surface area contributed by atoms with Gasteiger partial charge in [-0.25, -0.2) is 0 Å². The molecule has 0 unspecified atom stereocenters. The molecule has 0 spiro atoms. The summed E-state index contributed by atoms with van der Waals surface area (Å²) in [6.07, 6.45) is 1.57. The molecule has 0 aliphatic carbocycles. The molecular formula is C8H12FNS. The first-order valence-electron chi connectivity index (χ1n) is 3.75. The third-order valence-electron chi connectivity index (χ3n) is 1.41. The number of hydrogen-bond donors (Lipinski definition) is 1. The lowest BCUT2D eigenvalue weighted by molar-refractivity contribution is 0.466. The van der Waals surface area contributed by atoms with Crippen molar-refractivity contribution in [2.75, 3.05) is 18.5 Å².